The van der Waals surface area contributed by atoms with E-state index in [1.165, 1.54) is 12.7 Å². The van der Waals surface area contributed by atoms with E-state index in [1.54, 1.807) is 0 Å². The first-order valence-electron chi connectivity index (χ1n) is 12.0. The highest BCUT2D eigenvalue weighted by Crippen LogP contribution is 2.63. The van der Waals surface area contributed by atoms with Crippen LogP contribution < -0.4 is 5.32 Å². The molecule has 3 aliphatic carbocycles. The molecule has 176 valence electrons. The lowest BCUT2D eigenvalue weighted by atomic mass is 9.45. The standard InChI is InChI=1S/C25H43NO4Si/c1-23(2,3)31(6,7)30-17-25-14-8-13-24(4,16-26-22(28)29-5)21(25)12-9-18-15-19(27)10-11-20(18)25/h15,20-21H,8-14,16-17H2,1-7H3,(H,26,28)/t20-,21-,24+,25-/m1/s1. The summed E-state index contributed by atoms with van der Waals surface area (Å²) >= 11 is 0. The minimum atomic E-state index is -1.91. The molecule has 0 radical (unpaired) electrons. The fraction of sp³-hybridized carbons (Fsp3) is 0.840. The van der Waals surface area contributed by atoms with Gasteiger partial charge in [-0.3, -0.25) is 4.79 Å². The molecule has 0 saturated heterocycles. The molecule has 0 aromatic rings. The van der Waals surface area contributed by atoms with Crippen molar-refractivity contribution in [1.29, 1.82) is 0 Å². The summed E-state index contributed by atoms with van der Waals surface area (Å²) in [5.41, 5.74) is 1.41. The van der Waals surface area contributed by atoms with Crippen LogP contribution in [0.4, 0.5) is 4.79 Å². The monoisotopic (exact) mass is 449 g/mol. The third-order valence-corrected chi connectivity index (χ3v) is 13.6. The molecule has 0 spiro atoms. The van der Waals surface area contributed by atoms with Crippen molar-refractivity contribution >= 4 is 20.2 Å². The van der Waals surface area contributed by atoms with Crippen LogP contribution in [0.5, 0.6) is 0 Å². The first kappa shape index (κ1) is 24.5. The van der Waals surface area contributed by atoms with E-state index in [1.807, 2.05) is 6.08 Å². The number of amides is 1. The average Bonchev–Trinajstić information content (AvgIpc) is 2.69. The molecule has 31 heavy (non-hydrogen) atoms. The smallest absolute Gasteiger partial charge is 0.406 e. The van der Waals surface area contributed by atoms with Crippen LogP contribution in [0.15, 0.2) is 11.6 Å². The Morgan fingerprint density at radius 1 is 1.23 bits per heavy atom. The number of carbonyl (C=O) groups excluding carboxylic acids is 2. The Morgan fingerprint density at radius 2 is 1.94 bits per heavy atom. The summed E-state index contributed by atoms with van der Waals surface area (Å²) in [6.07, 6.45) is 8.65. The predicted octanol–water partition coefficient (Wildman–Crippen LogP) is 5.86. The summed E-state index contributed by atoms with van der Waals surface area (Å²) in [4.78, 5) is 24.1. The van der Waals surface area contributed by atoms with Gasteiger partial charge < -0.3 is 14.5 Å². The molecule has 0 aliphatic heterocycles. The van der Waals surface area contributed by atoms with E-state index in [9.17, 15) is 9.59 Å². The largest absolute Gasteiger partial charge is 0.453 e. The number of alkyl carbamates (subject to hydrolysis) is 1. The van der Waals surface area contributed by atoms with Crippen molar-refractivity contribution in [3.63, 3.8) is 0 Å². The number of methoxy groups -OCH3 is 1. The van der Waals surface area contributed by atoms with Gasteiger partial charge in [0, 0.05) is 25.0 Å². The van der Waals surface area contributed by atoms with Crippen LogP contribution in [0.25, 0.3) is 0 Å². The van der Waals surface area contributed by atoms with E-state index in [4.69, 9.17) is 9.16 Å². The number of ether oxygens (including phenoxy) is 1. The van der Waals surface area contributed by atoms with Crippen LogP contribution >= 0.6 is 0 Å². The highest BCUT2D eigenvalue weighted by molar-refractivity contribution is 6.74. The number of carbonyl (C=O) groups is 2. The van der Waals surface area contributed by atoms with Crippen molar-refractivity contribution in [3.8, 4) is 0 Å². The van der Waals surface area contributed by atoms with Gasteiger partial charge in [-0.15, -0.1) is 0 Å². The van der Waals surface area contributed by atoms with Crippen molar-refractivity contribution in [1.82, 2.24) is 5.32 Å². The highest BCUT2D eigenvalue weighted by Gasteiger charge is 2.58. The number of hydrogen-bond donors (Lipinski definition) is 1. The number of allylic oxidation sites excluding steroid dienone is 2. The zero-order valence-corrected chi connectivity index (χ0v) is 21.7. The molecule has 0 unspecified atom stereocenters. The van der Waals surface area contributed by atoms with Gasteiger partial charge >= 0.3 is 6.09 Å². The quantitative estimate of drug-likeness (QED) is 0.534. The molecular formula is C25H43NO4Si. The molecule has 1 N–H and O–H groups in total. The van der Waals surface area contributed by atoms with Gasteiger partial charge in [-0.25, -0.2) is 4.79 Å². The lowest BCUT2D eigenvalue weighted by Gasteiger charge is -2.61. The Balaban J connectivity index is 1.96. The summed E-state index contributed by atoms with van der Waals surface area (Å²) in [5.74, 6) is 1.17. The SMILES string of the molecule is COC(=O)NC[C@]1(C)CCC[C@@]2(CO[Si](C)(C)C(C)(C)C)[C@@H]3CCC(=O)C=C3CC[C@H]12. The molecule has 0 aromatic heterocycles. The van der Waals surface area contributed by atoms with Crippen LogP contribution in [-0.2, 0) is 14.0 Å². The van der Waals surface area contributed by atoms with Crippen LogP contribution in [0, 0.1) is 22.7 Å². The Labute approximate surface area is 189 Å². The second-order valence-corrected chi connectivity index (χ2v) is 16.8. The maximum atomic E-state index is 12.2. The molecule has 2 saturated carbocycles. The van der Waals surface area contributed by atoms with Crippen molar-refractivity contribution < 1.29 is 18.8 Å². The molecule has 4 atom stereocenters. The third kappa shape index (κ3) is 4.66. The van der Waals surface area contributed by atoms with Gasteiger partial charge in [-0.2, -0.15) is 0 Å². The van der Waals surface area contributed by atoms with Crippen molar-refractivity contribution in [2.24, 2.45) is 22.7 Å². The first-order chi connectivity index (χ1) is 14.3. The summed E-state index contributed by atoms with van der Waals surface area (Å²) in [7, 11) is -0.482. The normalized spacial score (nSPS) is 33.8. The minimum absolute atomic E-state index is 0.0101. The zero-order valence-electron chi connectivity index (χ0n) is 20.7. The lowest BCUT2D eigenvalue weighted by Crippen LogP contribution is -2.59. The Morgan fingerprint density at radius 3 is 2.58 bits per heavy atom. The van der Waals surface area contributed by atoms with Gasteiger partial charge in [-0.05, 0) is 73.6 Å². The fourth-order valence-electron chi connectivity index (χ4n) is 6.34. The van der Waals surface area contributed by atoms with E-state index >= 15 is 0 Å². The van der Waals surface area contributed by atoms with Crippen LogP contribution in [0.3, 0.4) is 0 Å². The maximum absolute atomic E-state index is 12.2. The van der Waals surface area contributed by atoms with Gasteiger partial charge in [-0.1, -0.05) is 39.7 Å². The number of rotatable bonds is 5. The van der Waals surface area contributed by atoms with E-state index in [2.05, 4.69) is 46.1 Å². The number of fused-ring (bicyclic) bond motifs is 3. The molecule has 6 heteroatoms. The molecule has 3 aliphatic rings. The maximum Gasteiger partial charge on any atom is 0.406 e. The van der Waals surface area contributed by atoms with E-state index < -0.39 is 8.32 Å². The number of nitrogens with one attached hydrogen (secondary N) is 1. The fourth-order valence-corrected chi connectivity index (χ4v) is 7.41. The van der Waals surface area contributed by atoms with Crippen LogP contribution in [0.2, 0.25) is 18.1 Å². The average molecular weight is 450 g/mol. The van der Waals surface area contributed by atoms with Crippen LogP contribution in [0.1, 0.15) is 72.6 Å². The lowest BCUT2D eigenvalue weighted by molar-refractivity contribution is -0.121. The Kier molecular flexibility index (Phi) is 6.84. The molecule has 0 bridgehead atoms. The van der Waals surface area contributed by atoms with Gasteiger partial charge in [0.05, 0.1) is 7.11 Å². The molecule has 2 fully saturated rings. The Hall–Kier alpha value is -1.14. The minimum Gasteiger partial charge on any atom is -0.453 e. The molecular weight excluding hydrogens is 406 g/mol. The number of hydrogen-bond acceptors (Lipinski definition) is 4. The first-order valence-corrected chi connectivity index (χ1v) is 14.9. The van der Waals surface area contributed by atoms with Crippen molar-refractivity contribution in [2.75, 3.05) is 20.3 Å². The van der Waals surface area contributed by atoms with E-state index in [0.29, 0.717) is 24.8 Å². The Bertz CT molecular complexity index is 740. The van der Waals surface area contributed by atoms with Gasteiger partial charge in [0.2, 0.25) is 0 Å². The van der Waals surface area contributed by atoms with E-state index in [0.717, 1.165) is 45.1 Å². The number of ketones is 1. The molecule has 1 amide bonds. The third-order valence-electron chi connectivity index (χ3n) is 9.14. The van der Waals surface area contributed by atoms with Gasteiger partial charge in [0.15, 0.2) is 14.1 Å². The van der Waals surface area contributed by atoms with E-state index in [-0.39, 0.29) is 27.7 Å². The highest BCUT2D eigenvalue weighted by atomic mass is 28.4. The second-order valence-electron chi connectivity index (χ2n) is 12.0. The van der Waals surface area contributed by atoms with Gasteiger partial charge in [0.1, 0.15) is 0 Å². The second kappa shape index (κ2) is 8.66. The molecule has 5 nitrogen and oxygen atoms in total. The molecule has 3 rings (SSSR count). The molecule has 0 aromatic carbocycles. The van der Waals surface area contributed by atoms with Crippen LogP contribution in [-0.4, -0.2) is 40.5 Å². The summed E-state index contributed by atoms with van der Waals surface area (Å²) in [6.45, 7) is 15.3. The summed E-state index contributed by atoms with van der Waals surface area (Å²) in [6, 6.07) is 0. The van der Waals surface area contributed by atoms with Crippen molar-refractivity contribution in [2.45, 2.75) is 90.8 Å². The van der Waals surface area contributed by atoms with Gasteiger partial charge in [0.25, 0.3) is 0 Å². The predicted molar refractivity (Wildman–Crippen MR) is 126 cm³/mol. The van der Waals surface area contributed by atoms with Crippen molar-refractivity contribution in [3.05, 3.63) is 11.6 Å². The summed E-state index contributed by atoms with van der Waals surface area (Å²) < 4.78 is 11.8. The summed E-state index contributed by atoms with van der Waals surface area (Å²) in [5, 5.41) is 3.17. The molecule has 0 heterocycles. The topological polar surface area (TPSA) is 64.6 Å². The zero-order chi connectivity index (χ0) is 23.1.